The highest BCUT2D eigenvalue weighted by Gasteiger charge is 2.20. The van der Waals surface area contributed by atoms with Gasteiger partial charge in [0.05, 0.1) is 5.52 Å². The van der Waals surface area contributed by atoms with Gasteiger partial charge in [0.1, 0.15) is 17.8 Å². The summed E-state index contributed by atoms with van der Waals surface area (Å²) in [6.45, 7) is 2.24. The number of aromatic nitrogens is 4. The predicted molar refractivity (Wildman–Crippen MR) is 130 cm³/mol. The van der Waals surface area contributed by atoms with Gasteiger partial charge in [0.25, 0.3) is 0 Å². The monoisotopic (exact) mass is 426 g/mol. The summed E-state index contributed by atoms with van der Waals surface area (Å²) in [6, 6.07) is 11.4. The van der Waals surface area contributed by atoms with Crippen molar-refractivity contribution >= 4 is 27.8 Å². The van der Waals surface area contributed by atoms with Gasteiger partial charge < -0.3 is 15.2 Å². The van der Waals surface area contributed by atoms with Gasteiger partial charge in [-0.1, -0.05) is 18.9 Å². The number of benzene rings is 1. The molecule has 0 radical (unpaired) electrons. The normalized spacial score (nSPS) is 18.7. The van der Waals surface area contributed by atoms with Crippen LogP contribution in [0.25, 0.3) is 33.1 Å². The molecular formula is C26H30N6. The highest BCUT2D eigenvalue weighted by molar-refractivity contribution is 5.98. The number of pyridine rings is 1. The van der Waals surface area contributed by atoms with Gasteiger partial charge in [0.15, 0.2) is 0 Å². The fourth-order valence-corrected chi connectivity index (χ4v) is 5.39. The molecule has 1 aromatic carbocycles. The van der Waals surface area contributed by atoms with Crippen LogP contribution in [0.5, 0.6) is 0 Å². The lowest BCUT2D eigenvalue weighted by Gasteiger charge is -2.30. The highest BCUT2D eigenvalue weighted by atomic mass is 15.1. The third-order valence-corrected chi connectivity index (χ3v) is 7.34. The van der Waals surface area contributed by atoms with E-state index in [0.29, 0.717) is 12.0 Å². The number of anilines is 1. The van der Waals surface area contributed by atoms with Crippen molar-refractivity contribution in [3.05, 3.63) is 48.5 Å². The van der Waals surface area contributed by atoms with Crippen molar-refractivity contribution in [2.45, 2.75) is 50.5 Å². The topological polar surface area (TPSA) is 69.7 Å². The first-order valence-electron chi connectivity index (χ1n) is 11.9. The van der Waals surface area contributed by atoms with Crippen molar-refractivity contribution in [1.29, 1.82) is 0 Å². The first-order chi connectivity index (χ1) is 15.7. The number of likely N-dealkylation sites (tertiary alicyclic amines) is 1. The number of piperidine rings is 1. The van der Waals surface area contributed by atoms with Gasteiger partial charge in [-0.05, 0) is 75.6 Å². The number of hydrogen-bond acceptors (Lipinski definition) is 5. The number of nitrogens with one attached hydrogen (secondary N) is 2. The van der Waals surface area contributed by atoms with Gasteiger partial charge in [-0.3, -0.25) is 0 Å². The van der Waals surface area contributed by atoms with Crippen LogP contribution in [0.15, 0.2) is 42.9 Å². The Morgan fingerprint density at radius 3 is 2.66 bits per heavy atom. The van der Waals surface area contributed by atoms with E-state index in [1.165, 1.54) is 47.9 Å². The van der Waals surface area contributed by atoms with Crippen LogP contribution < -0.4 is 5.32 Å². The standard InChI is InChI=1S/C26H30N6/c1-32-12-10-19(11-13-32)30-26-21-14-18(6-8-24(21)28-16-29-26)22-15-27-25-20(22)7-9-23(31-25)17-4-2-3-5-17/h6-9,14-17,19H,2-5,10-13H2,1H3,(H,27,31)(H,28,29,30). The summed E-state index contributed by atoms with van der Waals surface area (Å²) in [5, 5.41) is 5.95. The van der Waals surface area contributed by atoms with Crippen LogP contribution in [0.2, 0.25) is 0 Å². The van der Waals surface area contributed by atoms with Crippen molar-refractivity contribution in [3.63, 3.8) is 0 Å². The molecule has 2 fully saturated rings. The SMILES string of the molecule is CN1CCC(Nc2ncnc3ccc(-c4c[nH]c5nc(C6CCCC6)ccc45)cc23)CC1. The molecule has 0 atom stereocenters. The number of aromatic amines is 1. The van der Waals surface area contributed by atoms with Gasteiger partial charge >= 0.3 is 0 Å². The largest absolute Gasteiger partial charge is 0.367 e. The van der Waals surface area contributed by atoms with Crippen LogP contribution in [-0.4, -0.2) is 51.0 Å². The van der Waals surface area contributed by atoms with E-state index >= 15 is 0 Å². The minimum Gasteiger partial charge on any atom is -0.367 e. The lowest BCUT2D eigenvalue weighted by Crippen LogP contribution is -2.36. The molecule has 0 amide bonds. The fraction of sp³-hybridized carbons (Fsp3) is 0.423. The summed E-state index contributed by atoms with van der Waals surface area (Å²) in [4.78, 5) is 19.9. The van der Waals surface area contributed by atoms with Crippen molar-refractivity contribution in [1.82, 2.24) is 24.8 Å². The zero-order valence-electron chi connectivity index (χ0n) is 18.6. The molecule has 0 unspecified atom stereocenters. The molecule has 32 heavy (non-hydrogen) atoms. The number of hydrogen-bond donors (Lipinski definition) is 2. The van der Waals surface area contributed by atoms with Crippen LogP contribution in [0.1, 0.15) is 50.1 Å². The molecule has 6 heteroatoms. The number of H-pyrrole nitrogens is 1. The molecule has 164 valence electrons. The van der Waals surface area contributed by atoms with Crippen LogP contribution in [0.4, 0.5) is 5.82 Å². The smallest absolute Gasteiger partial charge is 0.138 e. The molecule has 0 bridgehead atoms. The van der Waals surface area contributed by atoms with E-state index in [-0.39, 0.29) is 0 Å². The molecule has 4 aromatic rings. The van der Waals surface area contributed by atoms with Crippen molar-refractivity contribution in [2.24, 2.45) is 0 Å². The molecule has 6 nitrogen and oxygen atoms in total. The van der Waals surface area contributed by atoms with E-state index < -0.39 is 0 Å². The Kier molecular flexibility index (Phi) is 5.02. The summed E-state index contributed by atoms with van der Waals surface area (Å²) in [5.41, 5.74) is 5.54. The molecule has 0 spiro atoms. The zero-order valence-corrected chi connectivity index (χ0v) is 18.6. The maximum absolute atomic E-state index is 4.97. The molecule has 1 saturated carbocycles. The Morgan fingerprint density at radius 1 is 0.969 bits per heavy atom. The van der Waals surface area contributed by atoms with Crippen LogP contribution in [0, 0.1) is 0 Å². The lowest BCUT2D eigenvalue weighted by atomic mass is 10.0. The molecule has 1 saturated heterocycles. The molecule has 3 aromatic heterocycles. The molecule has 6 rings (SSSR count). The summed E-state index contributed by atoms with van der Waals surface area (Å²) < 4.78 is 0. The molecule has 2 aliphatic rings. The van der Waals surface area contributed by atoms with Crippen molar-refractivity contribution < 1.29 is 0 Å². The lowest BCUT2D eigenvalue weighted by molar-refractivity contribution is 0.264. The van der Waals surface area contributed by atoms with E-state index in [1.807, 2.05) is 0 Å². The van der Waals surface area contributed by atoms with Crippen LogP contribution >= 0.6 is 0 Å². The van der Waals surface area contributed by atoms with Crippen molar-refractivity contribution in [2.75, 3.05) is 25.5 Å². The Hall–Kier alpha value is -2.99. The van der Waals surface area contributed by atoms with Gasteiger partial charge in [0, 0.05) is 40.2 Å². The summed E-state index contributed by atoms with van der Waals surface area (Å²) >= 11 is 0. The highest BCUT2D eigenvalue weighted by Crippen LogP contribution is 2.36. The van der Waals surface area contributed by atoms with Gasteiger partial charge in [-0.15, -0.1) is 0 Å². The van der Waals surface area contributed by atoms with E-state index in [0.717, 1.165) is 48.3 Å². The zero-order chi connectivity index (χ0) is 21.5. The van der Waals surface area contributed by atoms with Gasteiger partial charge in [-0.2, -0.15) is 0 Å². The quantitative estimate of drug-likeness (QED) is 0.461. The Morgan fingerprint density at radius 2 is 1.81 bits per heavy atom. The second-order valence-corrected chi connectivity index (χ2v) is 9.49. The molecule has 2 N–H and O–H groups in total. The Labute approximate surface area is 188 Å². The third-order valence-electron chi connectivity index (χ3n) is 7.34. The average molecular weight is 427 g/mol. The Bertz CT molecular complexity index is 1250. The van der Waals surface area contributed by atoms with Crippen LogP contribution in [0.3, 0.4) is 0 Å². The Balaban J connectivity index is 1.34. The number of rotatable bonds is 4. The second-order valence-electron chi connectivity index (χ2n) is 9.49. The maximum Gasteiger partial charge on any atom is 0.138 e. The summed E-state index contributed by atoms with van der Waals surface area (Å²) in [7, 11) is 2.19. The summed E-state index contributed by atoms with van der Waals surface area (Å²) in [5.74, 6) is 1.56. The minimum absolute atomic E-state index is 0.458. The van der Waals surface area contributed by atoms with Crippen LogP contribution in [-0.2, 0) is 0 Å². The molecule has 1 aliphatic carbocycles. The van der Waals surface area contributed by atoms with E-state index in [4.69, 9.17) is 4.98 Å². The van der Waals surface area contributed by atoms with Gasteiger partial charge in [0.2, 0.25) is 0 Å². The van der Waals surface area contributed by atoms with Crippen molar-refractivity contribution in [3.8, 4) is 11.1 Å². The first kappa shape index (κ1) is 19.7. The van der Waals surface area contributed by atoms with E-state index in [9.17, 15) is 0 Å². The predicted octanol–water partition coefficient (Wildman–Crippen LogP) is 5.34. The fourth-order valence-electron chi connectivity index (χ4n) is 5.39. The van der Waals surface area contributed by atoms with E-state index in [1.54, 1.807) is 6.33 Å². The number of fused-ring (bicyclic) bond motifs is 2. The minimum atomic E-state index is 0.458. The molecule has 4 heterocycles. The summed E-state index contributed by atoms with van der Waals surface area (Å²) in [6.07, 6.45) is 11.2. The van der Waals surface area contributed by atoms with E-state index in [2.05, 4.69) is 68.7 Å². The first-order valence-corrected chi connectivity index (χ1v) is 11.9. The van der Waals surface area contributed by atoms with Gasteiger partial charge in [-0.25, -0.2) is 15.0 Å². The maximum atomic E-state index is 4.97. The third kappa shape index (κ3) is 3.62. The molecular weight excluding hydrogens is 396 g/mol. The average Bonchev–Trinajstić information content (AvgIpc) is 3.50. The molecule has 1 aliphatic heterocycles. The number of nitrogens with zero attached hydrogens (tertiary/aromatic N) is 4. The second kappa shape index (κ2) is 8.17.